The fourth-order valence-corrected chi connectivity index (χ4v) is 2.61. The highest BCUT2D eigenvalue weighted by atomic mass is 35.5. The Kier molecular flexibility index (Phi) is 10.2. The number of nitrogens with one attached hydrogen (secondary N) is 1. The lowest BCUT2D eigenvalue weighted by Gasteiger charge is -2.29. The molecule has 0 aromatic rings. The second-order valence-corrected chi connectivity index (χ2v) is 5.98. The fraction of sp³-hybridized carbons (Fsp3) is 0.933. The number of hydrogen-bond donors (Lipinski definition) is 2. The van der Waals surface area contributed by atoms with Crippen LogP contribution in [-0.2, 0) is 9.53 Å². The molecule has 4 unspecified atom stereocenters. The van der Waals surface area contributed by atoms with Gasteiger partial charge < -0.3 is 15.8 Å². The molecule has 20 heavy (non-hydrogen) atoms. The number of rotatable bonds is 7. The zero-order valence-corrected chi connectivity index (χ0v) is 13.9. The van der Waals surface area contributed by atoms with E-state index in [0.29, 0.717) is 6.54 Å². The van der Waals surface area contributed by atoms with Gasteiger partial charge in [0.25, 0.3) is 0 Å². The largest absolute Gasteiger partial charge is 0.365 e. The number of ether oxygens (including phenoxy) is 1. The first-order valence-electron chi connectivity index (χ1n) is 7.71. The lowest BCUT2D eigenvalue weighted by molar-refractivity contribution is -0.139. The van der Waals surface area contributed by atoms with E-state index in [9.17, 15) is 4.79 Å². The highest BCUT2D eigenvalue weighted by molar-refractivity contribution is 5.85. The molecule has 1 saturated carbocycles. The van der Waals surface area contributed by atoms with Gasteiger partial charge in [0.15, 0.2) is 0 Å². The average molecular weight is 307 g/mol. The molecule has 5 heteroatoms. The molecule has 0 spiro atoms. The van der Waals surface area contributed by atoms with Gasteiger partial charge >= 0.3 is 0 Å². The first kappa shape index (κ1) is 19.7. The van der Waals surface area contributed by atoms with E-state index in [1.54, 1.807) is 0 Å². The van der Waals surface area contributed by atoms with Gasteiger partial charge in [0.05, 0.1) is 6.10 Å². The Labute approximate surface area is 129 Å². The van der Waals surface area contributed by atoms with Gasteiger partial charge in [-0.15, -0.1) is 12.4 Å². The number of carbonyl (C=O) groups is 1. The van der Waals surface area contributed by atoms with E-state index in [0.717, 1.165) is 31.6 Å². The van der Waals surface area contributed by atoms with E-state index in [4.69, 9.17) is 10.5 Å². The van der Waals surface area contributed by atoms with Gasteiger partial charge in [-0.05, 0) is 38.5 Å². The van der Waals surface area contributed by atoms with Crippen molar-refractivity contribution in [3.05, 3.63) is 0 Å². The summed E-state index contributed by atoms with van der Waals surface area (Å²) in [4.78, 5) is 12.0. The third-order valence-corrected chi connectivity index (χ3v) is 3.81. The molecule has 3 N–H and O–H groups in total. The molecule has 1 aliphatic carbocycles. The number of hydrogen-bond acceptors (Lipinski definition) is 3. The molecule has 120 valence electrons. The molecule has 1 aliphatic rings. The van der Waals surface area contributed by atoms with Crippen LogP contribution < -0.4 is 11.1 Å². The van der Waals surface area contributed by atoms with Crippen molar-refractivity contribution in [2.24, 2.45) is 11.7 Å². The molecular weight excluding hydrogens is 276 g/mol. The Morgan fingerprint density at radius 2 is 2.15 bits per heavy atom. The SMILES string of the molecule is CCC(OC1CCCC(C)C1)C(=O)NCCC(C)N.Cl. The average Bonchev–Trinajstić information content (AvgIpc) is 2.35. The molecule has 1 rings (SSSR count). The second-order valence-electron chi connectivity index (χ2n) is 5.98. The topological polar surface area (TPSA) is 64.3 Å². The number of carbonyl (C=O) groups excluding carboxylic acids is 1. The van der Waals surface area contributed by atoms with Crippen LogP contribution in [0.1, 0.15) is 59.3 Å². The van der Waals surface area contributed by atoms with Crippen LogP contribution in [-0.4, -0.2) is 30.7 Å². The lowest BCUT2D eigenvalue weighted by atomic mass is 9.88. The van der Waals surface area contributed by atoms with Crippen LogP contribution >= 0.6 is 12.4 Å². The molecule has 4 nitrogen and oxygen atoms in total. The lowest BCUT2D eigenvalue weighted by Crippen LogP contribution is -2.40. The van der Waals surface area contributed by atoms with Gasteiger partial charge in [-0.1, -0.05) is 26.7 Å². The first-order valence-corrected chi connectivity index (χ1v) is 7.71. The summed E-state index contributed by atoms with van der Waals surface area (Å²) < 4.78 is 5.99. The standard InChI is InChI=1S/C15H30N2O2.ClH/c1-4-14(15(18)17-9-8-12(3)16)19-13-7-5-6-11(2)10-13;/h11-14H,4-10,16H2,1-3H3,(H,17,18);1H. The number of nitrogens with two attached hydrogens (primary N) is 1. The minimum atomic E-state index is -0.302. The summed E-state index contributed by atoms with van der Waals surface area (Å²) in [6, 6.07) is 0.125. The minimum Gasteiger partial charge on any atom is -0.365 e. The van der Waals surface area contributed by atoms with Crippen LogP contribution in [0.4, 0.5) is 0 Å². The van der Waals surface area contributed by atoms with Crippen LogP contribution in [0.5, 0.6) is 0 Å². The minimum absolute atomic E-state index is 0. The van der Waals surface area contributed by atoms with Crippen LogP contribution in [0.25, 0.3) is 0 Å². The van der Waals surface area contributed by atoms with Crippen molar-refractivity contribution in [3.63, 3.8) is 0 Å². The van der Waals surface area contributed by atoms with E-state index in [-0.39, 0.29) is 36.6 Å². The van der Waals surface area contributed by atoms with E-state index < -0.39 is 0 Å². The van der Waals surface area contributed by atoms with Crippen molar-refractivity contribution in [1.29, 1.82) is 0 Å². The maximum Gasteiger partial charge on any atom is 0.249 e. The summed E-state index contributed by atoms with van der Waals surface area (Å²) in [6.07, 6.45) is 6.18. The highest BCUT2D eigenvalue weighted by Gasteiger charge is 2.25. The van der Waals surface area contributed by atoms with Crippen molar-refractivity contribution in [3.8, 4) is 0 Å². The van der Waals surface area contributed by atoms with Gasteiger partial charge in [-0.2, -0.15) is 0 Å². The highest BCUT2D eigenvalue weighted by Crippen LogP contribution is 2.26. The molecule has 0 aliphatic heterocycles. The summed E-state index contributed by atoms with van der Waals surface area (Å²) in [5.41, 5.74) is 5.67. The Bertz CT molecular complexity index is 275. The molecule has 1 fully saturated rings. The van der Waals surface area contributed by atoms with Crippen molar-refractivity contribution < 1.29 is 9.53 Å². The summed E-state index contributed by atoms with van der Waals surface area (Å²) in [6.45, 7) is 6.85. The Morgan fingerprint density at radius 3 is 2.70 bits per heavy atom. The van der Waals surface area contributed by atoms with Crippen LogP contribution in [0.2, 0.25) is 0 Å². The molecule has 1 amide bonds. The van der Waals surface area contributed by atoms with Crippen molar-refractivity contribution in [1.82, 2.24) is 5.32 Å². The second kappa shape index (κ2) is 10.4. The van der Waals surface area contributed by atoms with Crippen LogP contribution in [0.3, 0.4) is 0 Å². The van der Waals surface area contributed by atoms with Crippen molar-refractivity contribution >= 4 is 18.3 Å². The smallest absolute Gasteiger partial charge is 0.249 e. The normalized spacial score (nSPS) is 25.4. The maximum absolute atomic E-state index is 12.0. The van der Waals surface area contributed by atoms with E-state index in [1.807, 2.05) is 13.8 Å². The van der Waals surface area contributed by atoms with E-state index in [1.165, 1.54) is 12.8 Å². The van der Waals surface area contributed by atoms with Gasteiger partial charge in [0, 0.05) is 12.6 Å². The first-order chi connectivity index (χ1) is 9.02. The maximum atomic E-state index is 12.0. The fourth-order valence-electron chi connectivity index (χ4n) is 2.61. The summed E-state index contributed by atoms with van der Waals surface area (Å²) in [5, 5.41) is 2.92. The van der Waals surface area contributed by atoms with Gasteiger partial charge in [-0.25, -0.2) is 0 Å². The number of amides is 1. The Hall–Kier alpha value is -0.320. The molecule has 0 saturated heterocycles. The molecule has 0 heterocycles. The van der Waals surface area contributed by atoms with Crippen LogP contribution in [0.15, 0.2) is 0 Å². The quantitative estimate of drug-likeness (QED) is 0.760. The van der Waals surface area contributed by atoms with Gasteiger partial charge in [0.1, 0.15) is 6.10 Å². The molecule has 0 bridgehead atoms. The molecular formula is C15H31ClN2O2. The summed E-state index contributed by atoms with van der Waals surface area (Å²) >= 11 is 0. The van der Waals surface area contributed by atoms with Crippen molar-refractivity contribution in [2.45, 2.75) is 77.5 Å². The molecule has 0 aromatic heterocycles. The van der Waals surface area contributed by atoms with E-state index >= 15 is 0 Å². The monoisotopic (exact) mass is 306 g/mol. The predicted octanol–water partition coefficient (Wildman–Crippen LogP) is 2.64. The summed E-state index contributed by atoms with van der Waals surface area (Å²) in [5.74, 6) is 0.735. The van der Waals surface area contributed by atoms with Crippen LogP contribution in [0, 0.1) is 5.92 Å². The molecule has 0 radical (unpaired) electrons. The molecule has 4 atom stereocenters. The third kappa shape index (κ3) is 7.46. The Morgan fingerprint density at radius 1 is 1.45 bits per heavy atom. The third-order valence-electron chi connectivity index (χ3n) is 3.81. The zero-order valence-electron chi connectivity index (χ0n) is 13.1. The zero-order chi connectivity index (χ0) is 14.3. The van der Waals surface area contributed by atoms with Gasteiger partial charge in [0.2, 0.25) is 5.91 Å². The van der Waals surface area contributed by atoms with Gasteiger partial charge in [-0.3, -0.25) is 4.79 Å². The summed E-state index contributed by atoms with van der Waals surface area (Å²) in [7, 11) is 0. The molecule has 0 aromatic carbocycles. The number of halogens is 1. The predicted molar refractivity (Wildman–Crippen MR) is 85.1 cm³/mol. The van der Waals surface area contributed by atoms with Crippen molar-refractivity contribution in [2.75, 3.05) is 6.54 Å². The Balaban J connectivity index is 0.00000361. The van der Waals surface area contributed by atoms with E-state index in [2.05, 4.69) is 12.2 Å².